The lowest BCUT2D eigenvalue weighted by Crippen LogP contribution is -2.31. The van der Waals surface area contributed by atoms with Gasteiger partial charge in [-0.15, -0.1) is 0 Å². The summed E-state index contributed by atoms with van der Waals surface area (Å²) in [6.07, 6.45) is 6.21. The maximum Gasteiger partial charge on any atom is 0.132 e. The van der Waals surface area contributed by atoms with Gasteiger partial charge in [-0.3, -0.25) is 0 Å². The first-order valence-corrected chi connectivity index (χ1v) is 11.7. The van der Waals surface area contributed by atoms with Gasteiger partial charge < -0.3 is 14.9 Å². The summed E-state index contributed by atoms with van der Waals surface area (Å²) < 4.78 is 0. The highest BCUT2D eigenvalue weighted by molar-refractivity contribution is 5.62. The number of nitrogens with zero attached hydrogens (tertiary/aromatic N) is 2. The van der Waals surface area contributed by atoms with E-state index in [2.05, 4.69) is 89.5 Å². The van der Waals surface area contributed by atoms with Gasteiger partial charge in [-0.05, 0) is 61.6 Å². The molecule has 3 heteroatoms. The highest BCUT2D eigenvalue weighted by Crippen LogP contribution is 2.45. The average Bonchev–Trinajstić information content (AvgIpc) is 3.27. The SMILES string of the molecule is Cc1cc(C2CCCCC2)c(O)c(C2N(c3ccccc3)CCN2c2ccccc2)c1. The smallest absolute Gasteiger partial charge is 0.132 e. The molecule has 2 fully saturated rings. The minimum atomic E-state index is -0.0213. The Labute approximate surface area is 185 Å². The van der Waals surface area contributed by atoms with E-state index in [9.17, 15) is 5.11 Å². The molecule has 0 amide bonds. The van der Waals surface area contributed by atoms with E-state index in [1.807, 2.05) is 0 Å². The summed E-state index contributed by atoms with van der Waals surface area (Å²) in [5.41, 5.74) is 5.83. The van der Waals surface area contributed by atoms with Crippen LogP contribution >= 0.6 is 0 Å². The zero-order chi connectivity index (χ0) is 21.2. The molecule has 3 aromatic rings. The fourth-order valence-corrected chi connectivity index (χ4v) is 5.50. The summed E-state index contributed by atoms with van der Waals surface area (Å²) >= 11 is 0. The van der Waals surface area contributed by atoms with Gasteiger partial charge in [-0.1, -0.05) is 67.3 Å². The molecular weight excluding hydrogens is 380 g/mol. The van der Waals surface area contributed by atoms with Gasteiger partial charge in [0.05, 0.1) is 0 Å². The molecule has 1 saturated heterocycles. The third-order valence-corrected chi connectivity index (χ3v) is 6.98. The van der Waals surface area contributed by atoms with Crippen LogP contribution in [0.3, 0.4) is 0 Å². The monoisotopic (exact) mass is 412 g/mol. The third kappa shape index (κ3) is 3.89. The molecule has 3 nitrogen and oxygen atoms in total. The Morgan fingerprint density at radius 3 is 1.77 bits per heavy atom. The Morgan fingerprint density at radius 1 is 0.710 bits per heavy atom. The topological polar surface area (TPSA) is 26.7 Å². The van der Waals surface area contributed by atoms with Crippen LogP contribution in [0.5, 0.6) is 5.75 Å². The number of phenolic OH excluding ortho intramolecular Hbond substituents is 1. The van der Waals surface area contributed by atoms with Crippen molar-refractivity contribution < 1.29 is 5.11 Å². The van der Waals surface area contributed by atoms with Crippen molar-refractivity contribution in [2.45, 2.75) is 51.1 Å². The Kier molecular flexibility index (Phi) is 5.59. The molecule has 31 heavy (non-hydrogen) atoms. The van der Waals surface area contributed by atoms with E-state index < -0.39 is 0 Å². The molecule has 1 aliphatic carbocycles. The third-order valence-electron chi connectivity index (χ3n) is 6.98. The fraction of sp³-hybridized carbons (Fsp3) is 0.357. The second kappa shape index (κ2) is 8.66. The van der Waals surface area contributed by atoms with Crippen LogP contribution in [0.25, 0.3) is 0 Å². The number of benzene rings is 3. The second-order valence-electron chi connectivity index (χ2n) is 9.06. The molecule has 1 aliphatic heterocycles. The van der Waals surface area contributed by atoms with Crippen LogP contribution in [0.1, 0.15) is 60.9 Å². The van der Waals surface area contributed by atoms with Gasteiger partial charge in [-0.25, -0.2) is 0 Å². The molecule has 0 bridgehead atoms. The molecule has 2 aliphatic rings. The minimum Gasteiger partial charge on any atom is -0.507 e. The van der Waals surface area contributed by atoms with Crippen molar-refractivity contribution in [2.75, 3.05) is 22.9 Å². The maximum absolute atomic E-state index is 11.6. The minimum absolute atomic E-state index is 0.0213. The van der Waals surface area contributed by atoms with Gasteiger partial charge in [0.1, 0.15) is 11.9 Å². The zero-order valence-corrected chi connectivity index (χ0v) is 18.4. The van der Waals surface area contributed by atoms with Crippen molar-refractivity contribution in [3.8, 4) is 5.75 Å². The van der Waals surface area contributed by atoms with Crippen LogP contribution in [-0.2, 0) is 0 Å². The Bertz CT molecular complexity index is 964. The number of hydrogen-bond donors (Lipinski definition) is 1. The molecule has 0 spiro atoms. The van der Waals surface area contributed by atoms with Crippen molar-refractivity contribution >= 4 is 11.4 Å². The number of anilines is 2. The summed E-state index contributed by atoms with van der Waals surface area (Å²) in [6, 6.07) is 25.7. The molecule has 0 unspecified atom stereocenters. The standard InChI is InChI=1S/C28H32N2O/c1-21-19-25(22-11-5-2-6-12-22)27(31)26(20-21)28-29(23-13-7-3-8-14-23)17-18-30(28)24-15-9-4-10-16-24/h3-4,7-10,13-16,19-20,22,28,31H,2,5-6,11-12,17-18H2,1H3. The predicted molar refractivity (Wildman–Crippen MR) is 129 cm³/mol. The number of aryl methyl sites for hydroxylation is 1. The molecular formula is C28H32N2O. The van der Waals surface area contributed by atoms with Crippen molar-refractivity contribution in [1.82, 2.24) is 0 Å². The number of aromatic hydroxyl groups is 1. The molecule has 0 atom stereocenters. The fourth-order valence-electron chi connectivity index (χ4n) is 5.50. The van der Waals surface area contributed by atoms with Crippen LogP contribution in [0, 0.1) is 6.92 Å². The molecule has 1 saturated carbocycles. The van der Waals surface area contributed by atoms with Crippen molar-refractivity contribution in [1.29, 1.82) is 0 Å². The first-order chi connectivity index (χ1) is 15.2. The van der Waals surface area contributed by atoms with Crippen molar-refractivity contribution in [3.63, 3.8) is 0 Å². The maximum atomic E-state index is 11.6. The molecule has 1 N–H and O–H groups in total. The molecule has 0 aromatic heterocycles. The van der Waals surface area contributed by atoms with Gasteiger partial charge in [0.25, 0.3) is 0 Å². The molecule has 0 radical (unpaired) electrons. The van der Waals surface area contributed by atoms with Crippen LogP contribution in [0.2, 0.25) is 0 Å². The number of phenols is 1. The molecule has 160 valence electrons. The lowest BCUT2D eigenvalue weighted by Gasteiger charge is -2.35. The van der Waals surface area contributed by atoms with Gasteiger partial charge in [0.2, 0.25) is 0 Å². The molecule has 5 rings (SSSR count). The van der Waals surface area contributed by atoms with E-state index in [1.54, 1.807) is 0 Å². The summed E-state index contributed by atoms with van der Waals surface area (Å²) in [4.78, 5) is 4.87. The average molecular weight is 413 g/mol. The first kappa shape index (κ1) is 20.0. The first-order valence-electron chi connectivity index (χ1n) is 11.7. The Morgan fingerprint density at radius 2 is 1.23 bits per heavy atom. The number of rotatable bonds is 4. The van der Waals surface area contributed by atoms with E-state index in [0.29, 0.717) is 11.7 Å². The number of para-hydroxylation sites is 2. The lowest BCUT2D eigenvalue weighted by atomic mass is 9.82. The number of hydrogen-bond acceptors (Lipinski definition) is 3. The van der Waals surface area contributed by atoms with Crippen LogP contribution in [-0.4, -0.2) is 18.2 Å². The summed E-state index contributed by atoms with van der Waals surface area (Å²) in [6.45, 7) is 4.02. The zero-order valence-electron chi connectivity index (χ0n) is 18.4. The summed E-state index contributed by atoms with van der Waals surface area (Å²) in [7, 11) is 0. The largest absolute Gasteiger partial charge is 0.507 e. The Balaban J connectivity index is 1.62. The lowest BCUT2D eigenvalue weighted by molar-refractivity contribution is 0.408. The van der Waals surface area contributed by atoms with E-state index in [4.69, 9.17) is 0 Å². The molecule has 3 aromatic carbocycles. The van der Waals surface area contributed by atoms with E-state index in [1.165, 1.54) is 49.0 Å². The van der Waals surface area contributed by atoms with Crippen molar-refractivity contribution in [3.05, 3.63) is 89.5 Å². The van der Waals surface area contributed by atoms with Gasteiger partial charge >= 0.3 is 0 Å². The van der Waals surface area contributed by atoms with Crippen LogP contribution in [0.4, 0.5) is 11.4 Å². The summed E-state index contributed by atoms with van der Waals surface area (Å²) in [5, 5.41) is 11.6. The highest BCUT2D eigenvalue weighted by atomic mass is 16.3. The predicted octanol–water partition coefficient (Wildman–Crippen LogP) is 6.77. The van der Waals surface area contributed by atoms with E-state index in [0.717, 1.165) is 24.2 Å². The van der Waals surface area contributed by atoms with Gasteiger partial charge in [0.15, 0.2) is 0 Å². The van der Waals surface area contributed by atoms with Gasteiger partial charge in [-0.2, -0.15) is 0 Å². The van der Waals surface area contributed by atoms with Crippen LogP contribution < -0.4 is 9.80 Å². The quantitative estimate of drug-likeness (QED) is 0.512. The van der Waals surface area contributed by atoms with Crippen molar-refractivity contribution in [2.24, 2.45) is 0 Å². The molecule has 1 heterocycles. The van der Waals surface area contributed by atoms with Gasteiger partial charge in [0, 0.05) is 30.0 Å². The van der Waals surface area contributed by atoms with E-state index >= 15 is 0 Å². The Hall–Kier alpha value is -2.94. The van der Waals surface area contributed by atoms with Crippen LogP contribution in [0.15, 0.2) is 72.8 Å². The normalized spacial score (nSPS) is 18.0. The van der Waals surface area contributed by atoms with E-state index in [-0.39, 0.29) is 6.17 Å². The second-order valence-corrected chi connectivity index (χ2v) is 9.06. The highest BCUT2D eigenvalue weighted by Gasteiger charge is 2.36. The summed E-state index contributed by atoms with van der Waals surface area (Å²) in [5.74, 6) is 0.982.